The number of halogens is 3. The third kappa shape index (κ3) is 3.51. The van der Waals surface area contributed by atoms with E-state index in [1.165, 1.54) is 0 Å². The molecule has 0 unspecified atom stereocenters. The van der Waals surface area contributed by atoms with Gasteiger partial charge in [-0.15, -0.1) is 0 Å². The van der Waals surface area contributed by atoms with Crippen molar-refractivity contribution in [2.75, 3.05) is 6.61 Å². The Morgan fingerprint density at radius 3 is 2.80 bits per heavy atom. The molecule has 0 saturated carbocycles. The predicted molar refractivity (Wildman–Crippen MR) is 87.6 cm³/mol. The first-order chi connectivity index (χ1) is 9.52. The fraction of sp³-hybridized carbons (Fsp3) is 0.286. The van der Waals surface area contributed by atoms with Gasteiger partial charge in [0.2, 0.25) is 0 Å². The van der Waals surface area contributed by atoms with Crippen LogP contribution in [0.4, 0.5) is 0 Å². The molecule has 0 amide bonds. The molecule has 20 heavy (non-hydrogen) atoms. The third-order valence-electron chi connectivity index (χ3n) is 2.71. The Bertz CT molecular complexity index is 661. The van der Waals surface area contributed by atoms with E-state index in [1.54, 1.807) is 6.07 Å². The Morgan fingerprint density at radius 2 is 2.10 bits per heavy atom. The van der Waals surface area contributed by atoms with Gasteiger partial charge in [0.05, 0.1) is 4.47 Å². The van der Waals surface area contributed by atoms with Gasteiger partial charge in [-0.3, -0.25) is 4.79 Å². The zero-order valence-corrected chi connectivity index (χ0v) is 14.7. The number of Topliss-reactive ketones (excluding diaryl/α,β-unsaturated/α-hetero) is 1. The molecule has 1 heterocycles. The normalized spacial score (nSPS) is 10.8. The maximum atomic E-state index is 11.6. The van der Waals surface area contributed by atoms with Gasteiger partial charge in [0, 0.05) is 16.3 Å². The lowest BCUT2D eigenvalue weighted by atomic mass is 10.2. The van der Waals surface area contributed by atoms with E-state index >= 15 is 0 Å². The number of ether oxygens (including phenoxy) is 1. The molecular weight excluding hydrogens is 409 g/mol. The molecule has 0 aliphatic rings. The minimum Gasteiger partial charge on any atom is -0.482 e. The van der Waals surface area contributed by atoms with Crippen LogP contribution in [-0.2, 0) is 4.79 Å². The van der Waals surface area contributed by atoms with E-state index in [1.807, 2.05) is 19.1 Å². The summed E-state index contributed by atoms with van der Waals surface area (Å²) in [6.07, 6.45) is 1.33. The highest BCUT2D eigenvalue weighted by molar-refractivity contribution is 9.11. The SMILES string of the molecule is CCCC(=O)COc1c(Br)cc(Br)c2ccc(Cl)nc12. The molecule has 2 rings (SSSR count). The molecule has 1 aromatic heterocycles. The second kappa shape index (κ2) is 6.87. The maximum Gasteiger partial charge on any atom is 0.170 e. The van der Waals surface area contributed by atoms with Crippen molar-refractivity contribution in [3.8, 4) is 5.75 Å². The van der Waals surface area contributed by atoms with Crippen molar-refractivity contribution in [3.05, 3.63) is 32.3 Å². The Morgan fingerprint density at radius 1 is 1.35 bits per heavy atom. The summed E-state index contributed by atoms with van der Waals surface area (Å²) in [5.41, 5.74) is 0.628. The number of hydrogen-bond donors (Lipinski definition) is 0. The highest BCUT2D eigenvalue weighted by atomic mass is 79.9. The number of nitrogens with zero attached hydrogens (tertiary/aromatic N) is 1. The topological polar surface area (TPSA) is 39.2 Å². The summed E-state index contributed by atoms with van der Waals surface area (Å²) in [6.45, 7) is 2.00. The number of benzene rings is 1. The summed E-state index contributed by atoms with van der Waals surface area (Å²) in [7, 11) is 0. The maximum absolute atomic E-state index is 11.6. The molecule has 2 aromatic rings. The molecule has 106 valence electrons. The zero-order chi connectivity index (χ0) is 14.7. The van der Waals surface area contributed by atoms with Gasteiger partial charge in [-0.25, -0.2) is 4.98 Å². The molecule has 1 aromatic carbocycles. The van der Waals surface area contributed by atoms with Gasteiger partial charge in [0.1, 0.15) is 17.3 Å². The Labute approximate surface area is 138 Å². The summed E-state index contributed by atoms with van der Waals surface area (Å²) < 4.78 is 7.25. The lowest BCUT2D eigenvalue weighted by Gasteiger charge is -2.11. The molecule has 0 saturated heterocycles. The smallest absolute Gasteiger partial charge is 0.170 e. The van der Waals surface area contributed by atoms with E-state index in [2.05, 4.69) is 36.8 Å². The van der Waals surface area contributed by atoms with Crippen molar-refractivity contribution >= 4 is 60.1 Å². The van der Waals surface area contributed by atoms with Crippen molar-refractivity contribution in [1.29, 1.82) is 0 Å². The fourth-order valence-electron chi connectivity index (χ4n) is 1.81. The number of rotatable bonds is 5. The molecule has 0 bridgehead atoms. The highest BCUT2D eigenvalue weighted by Gasteiger charge is 2.14. The van der Waals surface area contributed by atoms with Gasteiger partial charge in [-0.2, -0.15) is 0 Å². The number of aromatic nitrogens is 1. The molecule has 0 aliphatic heterocycles. The van der Waals surface area contributed by atoms with Crippen molar-refractivity contribution in [1.82, 2.24) is 4.98 Å². The van der Waals surface area contributed by atoms with E-state index in [4.69, 9.17) is 16.3 Å². The number of carbonyl (C=O) groups excluding carboxylic acids is 1. The minimum atomic E-state index is 0.0391. The van der Waals surface area contributed by atoms with Gasteiger partial charge in [-0.1, -0.05) is 34.5 Å². The quantitative estimate of drug-likeness (QED) is 0.626. The Balaban J connectivity index is 2.41. The lowest BCUT2D eigenvalue weighted by Crippen LogP contribution is -2.11. The number of carbonyl (C=O) groups is 1. The first-order valence-corrected chi connectivity index (χ1v) is 8.08. The van der Waals surface area contributed by atoms with Crippen molar-refractivity contribution < 1.29 is 9.53 Å². The standard InChI is InChI=1S/C14H12Br2ClNO2/c1-2-3-8(19)7-20-14-11(16)6-10(15)9-4-5-12(17)18-13(9)14/h4-6H,2-3,7H2,1H3. The molecule has 0 N–H and O–H groups in total. The summed E-state index contributed by atoms with van der Waals surface area (Å²) >= 11 is 12.9. The van der Waals surface area contributed by atoms with Crippen LogP contribution in [-0.4, -0.2) is 17.4 Å². The van der Waals surface area contributed by atoms with Crippen LogP contribution in [0.5, 0.6) is 5.75 Å². The zero-order valence-electron chi connectivity index (χ0n) is 10.8. The van der Waals surface area contributed by atoms with Crippen LogP contribution in [0.1, 0.15) is 19.8 Å². The van der Waals surface area contributed by atoms with Crippen LogP contribution < -0.4 is 4.74 Å². The lowest BCUT2D eigenvalue weighted by molar-refractivity contribution is -0.121. The molecule has 0 spiro atoms. The van der Waals surface area contributed by atoms with Crippen molar-refractivity contribution in [2.45, 2.75) is 19.8 Å². The molecule has 0 atom stereocenters. The van der Waals surface area contributed by atoms with Crippen LogP contribution >= 0.6 is 43.5 Å². The molecule has 0 aliphatic carbocycles. The predicted octanol–water partition coefficient (Wildman–Crippen LogP) is 5.16. The largest absolute Gasteiger partial charge is 0.482 e. The Hall–Kier alpha value is -0.650. The van der Waals surface area contributed by atoms with Gasteiger partial charge >= 0.3 is 0 Å². The molecule has 6 heteroatoms. The first kappa shape index (κ1) is 15.7. The van der Waals surface area contributed by atoms with Gasteiger partial charge in [-0.05, 0) is 40.5 Å². The minimum absolute atomic E-state index is 0.0391. The molecule has 3 nitrogen and oxygen atoms in total. The van der Waals surface area contributed by atoms with Gasteiger partial charge in [0.25, 0.3) is 0 Å². The number of pyridine rings is 1. The van der Waals surface area contributed by atoms with Crippen LogP contribution in [0.15, 0.2) is 27.1 Å². The fourth-order valence-corrected chi connectivity index (χ4v) is 3.34. The average molecular weight is 422 g/mol. The van der Waals surface area contributed by atoms with Crippen LogP contribution in [0.3, 0.4) is 0 Å². The van der Waals surface area contributed by atoms with E-state index in [0.717, 1.165) is 20.8 Å². The number of ketones is 1. The second-order valence-corrected chi connectivity index (χ2v) is 6.37. The monoisotopic (exact) mass is 419 g/mol. The summed E-state index contributed by atoms with van der Waals surface area (Å²) in [4.78, 5) is 15.9. The van der Waals surface area contributed by atoms with E-state index in [-0.39, 0.29) is 12.4 Å². The molecule has 0 radical (unpaired) electrons. The molecular formula is C14H12Br2ClNO2. The summed E-state index contributed by atoms with van der Waals surface area (Å²) in [5, 5.41) is 1.27. The van der Waals surface area contributed by atoms with Gasteiger partial charge in [0.15, 0.2) is 11.5 Å². The van der Waals surface area contributed by atoms with E-state index in [9.17, 15) is 4.79 Å². The highest BCUT2D eigenvalue weighted by Crippen LogP contribution is 2.38. The van der Waals surface area contributed by atoms with E-state index in [0.29, 0.717) is 22.8 Å². The second-order valence-electron chi connectivity index (χ2n) is 4.28. The number of hydrogen-bond acceptors (Lipinski definition) is 3. The van der Waals surface area contributed by atoms with Crippen LogP contribution in [0.25, 0.3) is 10.9 Å². The van der Waals surface area contributed by atoms with Gasteiger partial charge < -0.3 is 4.74 Å². The van der Waals surface area contributed by atoms with E-state index < -0.39 is 0 Å². The van der Waals surface area contributed by atoms with Crippen molar-refractivity contribution in [3.63, 3.8) is 0 Å². The summed E-state index contributed by atoms with van der Waals surface area (Å²) in [5.74, 6) is 0.604. The van der Waals surface area contributed by atoms with Crippen molar-refractivity contribution in [2.24, 2.45) is 0 Å². The Kier molecular flexibility index (Phi) is 5.41. The summed E-state index contributed by atoms with van der Waals surface area (Å²) in [6, 6.07) is 5.45. The molecule has 0 fully saturated rings. The average Bonchev–Trinajstić information content (AvgIpc) is 2.38. The van der Waals surface area contributed by atoms with Crippen LogP contribution in [0.2, 0.25) is 5.15 Å². The third-order valence-corrected chi connectivity index (χ3v) is 4.17. The number of fused-ring (bicyclic) bond motifs is 1. The van der Waals surface area contributed by atoms with Crippen LogP contribution in [0, 0.1) is 0 Å². The first-order valence-electron chi connectivity index (χ1n) is 6.11.